The summed E-state index contributed by atoms with van der Waals surface area (Å²) in [4.78, 5) is 6.97. The third kappa shape index (κ3) is 3.19. The van der Waals surface area contributed by atoms with E-state index in [1.807, 2.05) is 12.1 Å². The molecule has 8 heteroatoms. The van der Waals surface area contributed by atoms with Crippen LogP contribution in [0.1, 0.15) is 30.7 Å². The van der Waals surface area contributed by atoms with Crippen LogP contribution < -0.4 is 0 Å². The lowest BCUT2D eigenvalue weighted by atomic mass is 10.2. The van der Waals surface area contributed by atoms with E-state index in [9.17, 15) is 4.39 Å². The second-order valence-electron chi connectivity index (χ2n) is 5.83. The van der Waals surface area contributed by atoms with E-state index < -0.39 is 0 Å². The summed E-state index contributed by atoms with van der Waals surface area (Å²) >= 11 is 1.67. The number of hydrogen-bond donors (Lipinski definition) is 1. The van der Waals surface area contributed by atoms with Gasteiger partial charge in [-0.2, -0.15) is 5.21 Å². The highest BCUT2D eigenvalue weighted by Gasteiger charge is 2.28. The summed E-state index contributed by atoms with van der Waals surface area (Å²) in [6.07, 6.45) is 3.37. The molecule has 0 bridgehead atoms. The molecule has 1 aliphatic carbocycles. The average molecular weight is 344 g/mol. The maximum Gasteiger partial charge on any atom is 0.194 e. The van der Waals surface area contributed by atoms with Crippen LogP contribution in [0.2, 0.25) is 0 Å². The first kappa shape index (κ1) is 15.3. The predicted molar refractivity (Wildman–Crippen MR) is 90.6 cm³/mol. The highest BCUT2D eigenvalue weighted by molar-refractivity contribution is 8.13. The van der Waals surface area contributed by atoms with Gasteiger partial charge in [0.25, 0.3) is 0 Å². The number of benzene rings is 1. The Balaban J connectivity index is 1.50. The first-order valence-electron chi connectivity index (χ1n) is 7.92. The Morgan fingerprint density at radius 1 is 1.21 bits per heavy atom. The van der Waals surface area contributed by atoms with Gasteiger partial charge in [0.1, 0.15) is 5.82 Å². The first-order valence-corrected chi connectivity index (χ1v) is 8.90. The lowest BCUT2D eigenvalue weighted by Gasteiger charge is -2.30. The van der Waals surface area contributed by atoms with Gasteiger partial charge in [0.05, 0.1) is 13.1 Å². The van der Waals surface area contributed by atoms with Crippen molar-refractivity contribution in [3.05, 3.63) is 52.7 Å². The van der Waals surface area contributed by atoms with E-state index in [-0.39, 0.29) is 5.82 Å². The maximum atomic E-state index is 13.0. The number of aliphatic imine (C=N–C) groups is 1. The van der Waals surface area contributed by atoms with Crippen molar-refractivity contribution >= 4 is 16.9 Å². The number of nitrogens with zero attached hydrogens (tertiary/aromatic N) is 5. The lowest BCUT2D eigenvalue weighted by Crippen LogP contribution is -2.31. The summed E-state index contributed by atoms with van der Waals surface area (Å²) in [7, 11) is 0. The van der Waals surface area contributed by atoms with Gasteiger partial charge in [-0.1, -0.05) is 29.1 Å². The number of amidine groups is 1. The van der Waals surface area contributed by atoms with E-state index in [4.69, 9.17) is 4.99 Å². The van der Waals surface area contributed by atoms with Gasteiger partial charge in [0, 0.05) is 11.4 Å². The number of aromatic nitrogens is 4. The third-order valence-corrected chi connectivity index (χ3v) is 5.32. The van der Waals surface area contributed by atoms with Gasteiger partial charge in [-0.25, -0.2) is 4.39 Å². The highest BCUT2D eigenvalue weighted by Crippen LogP contribution is 2.35. The van der Waals surface area contributed by atoms with Gasteiger partial charge in [-0.3, -0.25) is 4.99 Å². The van der Waals surface area contributed by atoms with E-state index >= 15 is 0 Å². The zero-order valence-electron chi connectivity index (χ0n) is 13.1. The number of hydrogen-bond acceptors (Lipinski definition) is 6. The molecule has 4 rings (SSSR count). The molecule has 1 N–H and O–H groups in total. The lowest BCUT2D eigenvalue weighted by molar-refractivity contribution is 0.474. The largest absolute Gasteiger partial charge is 0.317 e. The fraction of sp³-hybridized carbons (Fsp3) is 0.375. The second-order valence-corrected chi connectivity index (χ2v) is 6.77. The fourth-order valence-electron chi connectivity index (χ4n) is 3.06. The molecule has 24 heavy (non-hydrogen) atoms. The number of nitrogens with one attached hydrogen (secondary N) is 1. The summed E-state index contributed by atoms with van der Waals surface area (Å²) in [5, 5.41) is 15.3. The summed E-state index contributed by atoms with van der Waals surface area (Å²) in [6.45, 7) is 1.36. The maximum absolute atomic E-state index is 13.0. The zero-order chi connectivity index (χ0) is 16.4. The molecule has 0 saturated carbocycles. The van der Waals surface area contributed by atoms with E-state index in [0.29, 0.717) is 12.4 Å². The quantitative estimate of drug-likeness (QED) is 0.923. The molecular weight excluding hydrogens is 327 g/mol. The normalized spacial score (nSPS) is 17.2. The molecule has 1 aromatic heterocycles. The van der Waals surface area contributed by atoms with Crippen molar-refractivity contribution in [3.8, 4) is 0 Å². The van der Waals surface area contributed by atoms with Crippen LogP contribution in [0.3, 0.4) is 0 Å². The zero-order valence-corrected chi connectivity index (χ0v) is 13.9. The highest BCUT2D eigenvalue weighted by atomic mass is 32.2. The van der Waals surface area contributed by atoms with Crippen LogP contribution in [0.5, 0.6) is 0 Å². The van der Waals surface area contributed by atoms with E-state index in [1.54, 1.807) is 11.8 Å². The van der Waals surface area contributed by atoms with Crippen LogP contribution in [0.4, 0.5) is 4.39 Å². The number of rotatable bonds is 4. The fourth-order valence-corrected chi connectivity index (χ4v) is 4.03. The minimum absolute atomic E-state index is 0.210. The minimum Gasteiger partial charge on any atom is -0.317 e. The van der Waals surface area contributed by atoms with Crippen molar-refractivity contribution in [1.29, 1.82) is 0 Å². The molecule has 1 aromatic carbocycles. The van der Waals surface area contributed by atoms with Crippen molar-refractivity contribution in [2.75, 3.05) is 6.54 Å². The Morgan fingerprint density at radius 2 is 2.08 bits per heavy atom. The van der Waals surface area contributed by atoms with Crippen LogP contribution in [-0.2, 0) is 12.3 Å². The molecule has 0 saturated heterocycles. The Labute approximate surface area is 143 Å². The number of halogens is 1. The summed E-state index contributed by atoms with van der Waals surface area (Å²) < 4.78 is 13.0. The van der Waals surface area contributed by atoms with Crippen molar-refractivity contribution in [1.82, 2.24) is 25.5 Å². The summed E-state index contributed by atoms with van der Waals surface area (Å²) in [6, 6.07) is 6.62. The predicted octanol–water partition coefficient (Wildman–Crippen LogP) is 2.88. The molecule has 2 aromatic rings. The molecule has 0 unspecified atom stereocenters. The van der Waals surface area contributed by atoms with Gasteiger partial charge < -0.3 is 4.90 Å². The molecule has 6 nitrogen and oxygen atoms in total. The smallest absolute Gasteiger partial charge is 0.194 e. The monoisotopic (exact) mass is 344 g/mol. The SMILES string of the molecule is Fc1ccc(CSC2=NCC3=C(CCC3)N2Cc2nn[nH]n2)cc1. The number of H-pyrrole nitrogens is 1. The molecule has 0 amide bonds. The molecule has 0 fully saturated rings. The van der Waals surface area contributed by atoms with Gasteiger partial charge in [0.2, 0.25) is 0 Å². The minimum atomic E-state index is -0.210. The first-order chi connectivity index (χ1) is 11.8. The molecule has 0 spiro atoms. The number of allylic oxidation sites excluding steroid dienone is 1. The van der Waals surface area contributed by atoms with Crippen molar-refractivity contribution in [2.24, 2.45) is 4.99 Å². The van der Waals surface area contributed by atoms with Gasteiger partial charge in [-0.15, -0.1) is 10.2 Å². The third-order valence-electron chi connectivity index (χ3n) is 4.23. The molecule has 0 atom stereocenters. The van der Waals surface area contributed by atoms with Gasteiger partial charge >= 0.3 is 0 Å². The Hall–Kier alpha value is -2.22. The molecule has 1 aliphatic heterocycles. The van der Waals surface area contributed by atoms with Crippen molar-refractivity contribution < 1.29 is 4.39 Å². The Bertz CT molecular complexity index is 768. The second kappa shape index (κ2) is 6.72. The Morgan fingerprint density at radius 3 is 2.88 bits per heavy atom. The molecular formula is C16H17FN6S. The van der Waals surface area contributed by atoms with Crippen LogP contribution in [-0.4, -0.2) is 37.2 Å². The Kier molecular flexibility index (Phi) is 4.29. The molecule has 0 radical (unpaired) electrons. The average Bonchev–Trinajstić information content (AvgIpc) is 3.27. The summed E-state index contributed by atoms with van der Waals surface area (Å²) in [5.41, 5.74) is 3.86. The molecule has 124 valence electrons. The van der Waals surface area contributed by atoms with Gasteiger partial charge in [0.15, 0.2) is 11.0 Å². The van der Waals surface area contributed by atoms with Crippen LogP contribution in [0, 0.1) is 5.82 Å². The molecule has 2 aliphatic rings. The van der Waals surface area contributed by atoms with Crippen molar-refractivity contribution in [2.45, 2.75) is 31.6 Å². The molecule has 2 heterocycles. The van der Waals surface area contributed by atoms with E-state index in [2.05, 4.69) is 25.5 Å². The number of thioether (sulfide) groups is 1. The van der Waals surface area contributed by atoms with Crippen LogP contribution in [0.15, 0.2) is 40.5 Å². The van der Waals surface area contributed by atoms with Crippen molar-refractivity contribution in [3.63, 3.8) is 0 Å². The topological polar surface area (TPSA) is 70.1 Å². The van der Waals surface area contributed by atoms with E-state index in [0.717, 1.165) is 35.9 Å². The standard InChI is InChI=1S/C16H17FN6S/c17-13-6-4-11(5-7-13)10-24-16-18-8-12-2-1-3-14(12)23(16)9-15-19-21-22-20-15/h4-7H,1-3,8-10H2,(H,19,20,21,22). The van der Waals surface area contributed by atoms with E-state index in [1.165, 1.54) is 29.8 Å². The van der Waals surface area contributed by atoms with Crippen LogP contribution in [0.25, 0.3) is 0 Å². The number of aromatic amines is 1. The number of tetrazole rings is 1. The van der Waals surface area contributed by atoms with Gasteiger partial charge in [-0.05, 0) is 42.5 Å². The van der Waals surface area contributed by atoms with Crippen LogP contribution >= 0.6 is 11.8 Å². The summed E-state index contributed by atoms with van der Waals surface area (Å²) in [5.74, 6) is 1.20.